The standard InChI is InChI=1S/C25H20F3N3O/c1-14-7-8-22(19(26)11-14)30-24-20(27)13-21(28)25-23(24)15(2)9-10-31(25)18-6-4-5-17(12-18)29-16(3)32/h4-13,30H,2H2,1,3H3,(H,29,32). The minimum Gasteiger partial charge on any atom is -0.350 e. The van der Waals surface area contributed by atoms with Gasteiger partial charge in [0.15, 0.2) is 5.82 Å². The molecule has 0 atom stereocenters. The number of fused-ring (bicyclic) bond motifs is 1. The van der Waals surface area contributed by atoms with E-state index in [1.165, 1.54) is 24.0 Å². The topological polar surface area (TPSA) is 44.4 Å². The van der Waals surface area contributed by atoms with E-state index in [9.17, 15) is 13.6 Å². The smallest absolute Gasteiger partial charge is 0.221 e. The Balaban J connectivity index is 1.85. The Kier molecular flexibility index (Phi) is 5.48. The monoisotopic (exact) mass is 435 g/mol. The minimum atomic E-state index is -0.871. The molecular weight excluding hydrogens is 415 g/mol. The molecule has 0 radical (unpaired) electrons. The van der Waals surface area contributed by atoms with Crippen LogP contribution in [-0.4, -0.2) is 5.91 Å². The number of allylic oxidation sites excluding steroid dienone is 2. The number of hydrogen-bond acceptors (Lipinski definition) is 3. The third-order valence-corrected chi connectivity index (χ3v) is 5.02. The third-order valence-electron chi connectivity index (χ3n) is 5.02. The Morgan fingerprint density at radius 2 is 1.78 bits per heavy atom. The Labute approximate surface area is 183 Å². The first-order valence-electron chi connectivity index (χ1n) is 9.84. The Morgan fingerprint density at radius 3 is 2.50 bits per heavy atom. The second-order valence-corrected chi connectivity index (χ2v) is 7.49. The zero-order chi connectivity index (χ0) is 23.0. The summed E-state index contributed by atoms with van der Waals surface area (Å²) in [6, 6.07) is 12.1. The first kappa shape index (κ1) is 21.2. The van der Waals surface area contributed by atoms with Gasteiger partial charge in [-0.3, -0.25) is 4.79 Å². The van der Waals surface area contributed by atoms with E-state index in [4.69, 9.17) is 0 Å². The average Bonchev–Trinajstić information content (AvgIpc) is 2.72. The summed E-state index contributed by atoms with van der Waals surface area (Å²) in [5.74, 6) is -2.48. The predicted molar refractivity (Wildman–Crippen MR) is 122 cm³/mol. The highest BCUT2D eigenvalue weighted by Gasteiger charge is 2.27. The molecule has 0 saturated heterocycles. The van der Waals surface area contributed by atoms with Gasteiger partial charge in [0.1, 0.15) is 11.6 Å². The van der Waals surface area contributed by atoms with Gasteiger partial charge in [-0.2, -0.15) is 0 Å². The second kappa shape index (κ2) is 8.26. The molecule has 0 saturated carbocycles. The molecule has 1 aliphatic rings. The van der Waals surface area contributed by atoms with E-state index in [2.05, 4.69) is 17.2 Å². The van der Waals surface area contributed by atoms with Crippen molar-refractivity contribution in [2.45, 2.75) is 13.8 Å². The normalized spacial score (nSPS) is 12.5. The van der Waals surface area contributed by atoms with E-state index in [-0.39, 0.29) is 28.5 Å². The van der Waals surface area contributed by atoms with Gasteiger partial charge in [0, 0.05) is 36.1 Å². The summed E-state index contributed by atoms with van der Waals surface area (Å²) < 4.78 is 44.4. The fraction of sp³-hybridized carbons (Fsp3) is 0.0800. The number of aryl methyl sites for hydroxylation is 1. The van der Waals surface area contributed by atoms with Crippen molar-refractivity contribution in [2.24, 2.45) is 0 Å². The van der Waals surface area contributed by atoms with Crippen LogP contribution in [0.4, 0.5) is 41.6 Å². The molecule has 4 nitrogen and oxygen atoms in total. The van der Waals surface area contributed by atoms with Gasteiger partial charge < -0.3 is 15.5 Å². The maximum absolute atomic E-state index is 15.1. The van der Waals surface area contributed by atoms with Crippen LogP contribution in [0.1, 0.15) is 18.1 Å². The van der Waals surface area contributed by atoms with Crippen molar-refractivity contribution >= 4 is 39.9 Å². The Hall–Kier alpha value is -4.00. The maximum atomic E-state index is 15.1. The minimum absolute atomic E-state index is 0.0601. The summed E-state index contributed by atoms with van der Waals surface area (Å²) in [6.45, 7) is 7.05. The highest BCUT2D eigenvalue weighted by atomic mass is 19.1. The molecule has 1 aliphatic heterocycles. The van der Waals surface area contributed by atoms with E-state index in [1.807, 2.05) is 0 Å². The number of rotatable bonds is 4. The molecule has 1 amide bonds. The molecule has 1 heterocycles. The fourth-order valence-electron chi connectivity index (χ4n) is 3.61. The van der Waals surface area contributed by atoms with Gasteiger partial charge in [0.25, 0.3) is 0 Å². The lowest BCUT2D eigenvalue weighted by atomic mass is 9.97. The first-order chi connectivity index (χ1) is 15.2. The van der Waals surface area contributed by atoms with Gasteiger partial charge in [-0.15, -0.1) is 0 Å². The van der Waals surface area contributed by atoms with Crippen molar-refractivity contribution < 1.29 is 18.0 Å². The summed E-state index contributed by atoms with van der Waals surface area (Å²) in [5, 5.41) is 5.45. The molecule has 0 unspecified atom stereocenters. The van der Waals surface area contributed by atoms with Crippen LogP contribution in [0.15, 0.2) is 67.4 Å². The van der Waals surface area contributed by atoms with Crippen LogP contribution >= 0.6 is 0 Å². The lowest BCUT2D eigenvalue weighted by Gasteiger charge is -2.30. The molecule has 3 aromatic rings. The molecule has 7 heteroatoms. The Morgan fingerprint density at radius 1 is 1.00 bits per heavy atom. The van der Waals surface area contributed by atoms with Crippen molar-refractivity contribution in [3.63, 3.8) is 0 Å². The maximum Gasteiger partial charge on any atom is 0.221 e. The molecule has 0 spiro atoms. The molecule has 3 aromatic carbocycles. The number of amides is 1. The zero-order valence-electron chi connectivity index (χ0n) is 17.5. The largest absolute Gasteiger partial charge is 0.350 e. The van der Waals surface area contributed by atoms with Gasteiger partial charge in [-0.1, -0.05) is 18.7 Å². The van der Waals surface area contributed by atoms with E-state index < -0.39 is 17.5 Å². The van der Waals surface area contributed by atoms with Gasteiger partial charge >= 0.3 is 0 Å². The highest BCUT2D eigenvalue weighted by Crippen LogP contribution is 2.45. The van der Waals surface area contributed by atoms with E-state index in [0.717, 1.165) is 6.07 Å². The second-order valence-electron chi connectivity index (χ2n) is 7.49. The van der Waals surface area contributed by atoms with Crippen molar-refractivity contribution in [3.05, 3.63) is 96.0 Å². The molecule has 162 valence electrons. The summed E-state index contributed by atoms with van der Waals surface area (Å²) in [6.07, 6.45) is 3.22. The third kappa shape index (κ3) is 3.97. The van der Waals surface area contributed by atoms with Crippen molar-refractivity contribution in [2.75, 3.05) is 15.5 Å². The van der Waals surface area contributed by atoms with Gasteiger partial charge in [0.05, 0.1) is 17.1 Å². The van der Waals surface area contributed by atoms with Crippen LogP contribution in [0, 0.1) is 24.4 Å². The van der Waals surface area contributed by atoms with Gasteiger partial charge in [-0.25, -0.2) is 13.2 Å². The molecule has 0 fully saturated rings. The lowest BCUT2D eigenvalue weighted by molar-refractivity contribution is -0.114. The number of anilines is 5. The van der Waals surface area contributed by atoms with Crippen LogP contribution in [0.3, 0.4) is 0 Å². The Bertz CT molecular complexity index is 1280. The number of nitrogens with zero attached hydrogens (tertiary/aromatic N) is 1. The summed E-state index contributed by atoms with van der Waals surface area (Å²) in [5.41, 5.74) is 2.36. The van der Waals surface area contributed by atoms with Crippen molar-refractivity contribution in [1.82, 2.24) is 0 Å². The lowest BCUT2D eigenvalue weighted by Crippen LogP contribution is -2.18. The SMILES string of the molecule is C=C1C=CN(c2cccc(NC(C)=O)c2)c2c(F)cc(F)c(Nc3ccc(C)cc3F)c21. The van der Waals surface area contributed by atoms with Crippen LogP contribution in [0.2, 0.25) is 0 Å². The summed E-state index contributed by atoms with van der Waals surface area (Å²) in [4.78, 5) is 12.9. The molecule has 0 aromatic heterocycles. The molecule has 2 N–H and O–H groups in total. The number of nitrogens with one attached hydrogen (secondary N) is 2. The number of benzene rings is 3. The summed E-state index contributed by atoms with van der Waals surface area (Å²) >= 11 is 0. The summed E-state index contributed by atoms with van der Waals surface area (Å²) in [7, 11) is 0. The first-order valence-corrected chi connectivity index (χ1v) is 9.84. The van der Waals surface area contributed by atoms with Crippen LogP contribution in [-0.2, 0) is 4.79 Å². The van der Waals surface area contributed by atoms with E-state index >= 15 is 4.39 Å². The molecule has 0 aliphatic carbocycles. The molecule has 0 bridgehead atoms. The predicted octanol–water partition coefficient (Wildman–Crippen LogP) is 6.79. The van der Waals surface area contributed by atoms with Crippen LogP contribution < -0.4 is 15.5 Å². The van der Waals surface area contributed by atoms with E-state index in [0.29, 0.717) is 22.5 Å². The number of carbonyl (C=O) groups excluding carboxylic acids is 1. The average molecular weight is 435 g/mol. The number of halogens is 3. The molecular formula is C25H20F3N3O. The number of hydrogen-bond donors (Lipinski definition) is 2. The molecule has 4 rings (SSSR count). The quantitative estimate of drug-likeness (QED) is 0.474. The van der Waals surface area contributed by atoms with Gasteiger partial charge in [-0.05, 0) is 54.5 Å². The highest BCUT2D eigenvalue weighted by molar-refractivity contribution is 5.96. The van der Waals surface area contributed by atoms with Gasteiger partial charge in [0.2, 0.25) is 5.91 Å². The van der Waals surface area contributed by atoms with Crippen LogP contribution in [0.25, 0.3) is 5.57 Å². The van der Waals surface area contributed by atoms with E-state index in [1.54, 1.807) is 49.5 Å². The fourth-order valence-corrected chi connectivity index (χ4v) is 3.61. The van der Waals surface area contributed by atoms with Crippen molar-refractivity contribution in [3.8, 4) is 0 Å². The molecule has 32 heavy (non-hydrogen) atoms. The van der Waals surface area contributed by atoms with Crippen LogP contribution in [0.5, 0.6) is 0 Å². The zero-order valence-corrected chi connectivity index (χ0v) is 17.5. The number of carbonyl (C=O) groups is 1. The van der Waals surface area contributed by atoms with Crippen molar-refractivity contribution in [1.29, 1.82) is 0 Å².